The number of aliphatic hydroxyl groups excluding tert-OH is 1. The Labute approximate surface area is 231 Å². The Bertz CT molecular complexity index is 1080. The Morgan fingerprint density at radius 3 is 1.93 bits per heavy atom. The fraction of sp³-hybridized carbons (Fsp3) is 0.696. The number of sulfonamides is 1. The van der Waals surface area contributed by atoms with Crippen LogP contribution in [-0.2, 0) is 24.3 Å². The fourth-order valence-corrected chi connectivity index (χ4v) is 5.96. The van der Waals surface area contributed by atoms with Gasteiger partial charge >= 0.3 is 24.3 Å². The number of rotatable bonds is 4. The molecule has 3 N–H and O–H groups in total. The molecule has 1 aromatic heterocycles. The topological polar surface area (TPSA) is 158 Å². The molecule has 0 radical (unpaired) electrons. The summed E-state index contributed by atoms with van der Waals surface area (Å²) in [5.41, 5.74) is 0.107. The Morgan fingerprint density at radius 1 is 0.976 bits per heavy atom. The van der Waals surface area contributed by atoms with Gasteiger partial charge in [-0.3, -0.25) is 0 Å². The maximum absolute atomic E-state index is 12.7. The highest BCUT2D eigenvalue weighted by Gasteiger charge is 2.45. The van der Waals surface area contributed by atoms with Gasteiger partial charge in [0.15, 0.2) is 5.03 Å². The van der Waals surface area contributed by atoms with E-state index in [1.807, 2.05) is 0 Å². The molecule has 3 fully saturated rings. The Balaban J connectivity index is 0.000000349. The first kappa shape index (κ1) is 34.7. The number of carbonyl (C=O) groups is 2. The minimum atomic E-state index is -5.08. The van der Waals surface area contributed by atoms with Crippen LogP contribution in [-0.4, -0.2) is 114 Å². The molecule has 1 atom stereocenters. The Morgan fingerprint density at radius 2 is 1.49 bits per heavy atom. The zero-order valence-electron chi connectivity index (χ0n) is 21.6. The second kappa shape index (κ2) is 14.1. The molecule has 0 saturated carbocycles. The lowest BCUT2D eigenvalue weighted by Crippen LogP contribution is -2.44. The van der Waals surface area contributed by atoms with E-state index in [0.29, 0.717) is 13.1 Å². The van der Waals surface area contributed by atoms with Crippen LogP contribution < -0.4 is 0 Å². The molecule has 1 unspecified atom stereocenters. The maximum atomic E-state index is 12.7. The number of carboxylic acid groups (broad SMARTS) is 2. The monoisotopic (exact) mass is 623 g/mol. The average molecular weight is 624 g/mol. The average Bonchev–Trinajstić information content (AvgIpc) is 3.27. The van der Waals surface area contributed by atoms with Crippen LogP contribution in [0, 0.1) is 5.41 Å². The molecule has 4 heterocycles. The van der Waals surface area contributed by atoms with Crippen molar-refractivity contribution < 1.29 is 64.4 Å². The van der Waals surface area contributed by atoms with Crippen molar-refractivity contribution in [3.63, 3.8) is 0 Å². The fourth-order valence-electron chi connectivity index (χ4n) is 4.58. The zero-order chi connectivity index (χ0) is 31.1. The van der Waals surface area contributed by atoms with E-state index in [1.165, 1.54) is 6.20 Å². The van der Waals surface area contributed by atoms with Crippen molar-refractivity contribution in [2.75, 3.05) is 39.3 Å². The lowest BCUT2D eigenvalue weighted by Gasteiger charge is -2.37. The van der Waals surface area contributed by atoms with E-state index in [0.717, 1.165) is 58.3 Å². The highest BCUT2D eigenvalue weighted by Crippen LogP contribution is 2.43. The normalized spacial score (nSPS) is 22.3. The molecule has 3 aliphatic heterocycles. The molecule has 11 nitrogen and oxygen atoms in total. The predicted octanol–water partition coefficient (Wildman–Crippen LogP) is 2.36. The van der Waals surface area contributed by atoms with E-state index < -0.39 is 34.3 Å². The van der Waals surface area contributed by atoms with E-state index >= 15 is 0 Å². The van der Waals surface area contributed by atoms with Crippen LogP contribution >= 0.6 is 0 Å². The highest BCUT2D eigenvalue weighted by atomic mass is 32.2. The van der Waals surface area contributed by atoms with Crippen LogP contribution in [0.2, 0.25) is 0 Å². The number of pyridine rings is 1. The molecule has 3 aliphatic rings. The van der Waals surface area contributed by atoms with Crippen molar-refractivity contribution in [1.82, 2.24) is 14.2 Å². The van der Waals surface area contributed by atoms with Crippen LogP contribution in [0.5, 0.6) is 0 Å². The number of aliphatic carboxylic acids is 2. The van der Waals surface area contributed by atoms with Gasteiger partial charge in [-0.05, 0) is 49.7 Å². The summed E-state index contributed by atoms with van der Waals surface area (Å²) in [5.74, 6) is -5.51. The molecule has 3 saturated heterocycles. The van der Waals surface area contributed by atoms with Crippen molar-refractivity contribution in [2.24, 2.45) is 5.41 Å². The van der Waals surface area contributed by atoms with Crippen LogP contribution in [0.3, 0.4) is 0 Å². The molecule has 0 aromatic carbocycles. The van der Waals surface area contributed by atoms with Gasteiger partial charge in [0.05, 0.1) is 18.8 Å². The molecule has 234 valence electrons. The van der Waals surface area contributed by atoms with Crippen LogP contribution in [0.15, 0.2) is 29.4 Å². The number of hydrogen-bond acceptors (Lipinski definition) is 8. The van der Waals surface area contributed by atoms with Gasteiger partial charge in [0.1, 0.15) is 0 Å². The molecule has 1 spiro atoms. The van der Waals surface area contributed by atoms with Crippen LogP contribution in [0.4, 0.5) is 26.3 Å². The summed E-state index contributed by atoms with van der Waals surface area (Å²) in [4.78, 5) is 24.2. The second-order valence-corrected chi connectivity index (χ2v) is 11.7. The summed E-state index contributed by atoms with van der Waals surface area (Å²) >= 11 is 0. The summed E-state index contributed by atoms with van der Waals surface area (Å²) in [6.07, 6.45) is -4.20. The van der Waals surface area contributed by atoms with Crippen LogP contribution in [0.25, 0.3) is 0 Å². The smallest absolute Gasteiger partial charge is 0.475 e. The maximum Gasteiger partial charge on any atom is 0.490 e. The quantitative estimate of drug-likeness (QED) is 0.426. The number of nitrogens with zero attached hydrogens (tertiary/aromatic N) is 3. The molecule has 0 amide bonds. The molecule has 4 rings (SSSR count). The molecule has 1 aromatic rings. The van der Waals surface area contributed by atoms with Crippen molar-refractivity contribution in [2.45, 2.75) is 61.7 Å². The summed E-state index contributed by atoms with van der Waals surface area (Å²) in [7, 11) is -3.50. The number of hydrogen-bond donors (Lipinski definition) is 3. The number of likely N-dealkylation sites (tertiary alicyclic amines) is 1. The van der Waals surface area contributed by atoms with E-state index in [4.69, 9.17) is 24.5 Å². The molecular weight excluding hydrogens is 592 g/mol. The van der Waals surface area contributed by atoms with Crippen molar-refractivity contribution in [3.05, 3.63) is 24.4 Å². The number of piperidine rings is 2. The molecule has 18 heteroatoms. The predicted molar refractivity (Wildman–Crippen MR) is 128 cm³/mol. The largest absolute Gasteiger partial charge is 0.490 e. The zero-order valence-corrected chi connectivity index (χ0v) is 22.5. The Hall–Kier alpha value is -2.54. The minimum absolute atomic E-state index is 0.107. The summed E-state index contributed by atoms with van der Waals surface area (Å²) < 4.78 is 96.6. The lowest BCUT2D eigenvalue weighted by molar-refractivity contribution is -0.193. The number of carboxylic acids is 2. The molecule has 0 bridgehead atoms. The van der Waals surface area contributed by atoms with Crippen molar-refractivity contribution in [3.8, 4) is 0 Å². The number of aliphatic hydroxyl groups is 1. The first-order valence-electron chi connectivity index (χ1n) is 12.4. The first-order valence-corrected chi connectivity index (χ1v) is 13.8. The third-order valence-electron chi connectivity index (χ3n) is 6.81. The van der Waals surface area contributed by atoms with Gasteiger partial charge in [-0.2, -0.15) is 30.6 Å². The van der Waals surface area contributed by atoms with Gasteiger partial charge in [0, 0.05) is 38.9 Å². The number of halogens is 6. The van der Waals surface area contributed by atoms with E-state index in [9.17, 15) is 39.9 Å². The first-order chi connectivity index (χ1) is 18.9. The third-order valence-corrected chi connectivity index (χ3v) is 8.63. The summed E-state index contributed by atoms with van der Waals surface area (Å²) in [6, 6.07) is 4.99. The summed E-state index contributed by atoms with van der Waals surface area (Å²) in [5, 5.41) is 24.0. The van der Waals surface area contributed by atoms with Gasteiger partial charge in [-0.15, -0.1) is 0 Å². The third kappa shape index (κ3) is 10.7. The number of aromatic nitrogens is 1. The SMILES string of the molecule is O=C(O)C(F)(F)F.O=C(O)C(F)(F)F.O=S(=O)(c1ccccn1)N1CCC2(CC1)COC(CN1CCC(O)CC1)C2. The Kier molecular flexibility index (Phi) is 11.9. The van der Waals surface area contributed by atoms with Crippen molar-refractivity contribution in [1.29, 1.82) is 0 Å². The summed E-state index contributed by atoms with van der Waals surface area (Å²) in [6.45, 7) is 4.58. The van der Waals surface area contributed by atoms with Gasteiger partial charge in [0.25, 0.3) is 10.0 Å². The highest BCUT2D eigenvalue weighted by molar-refractivity contribution is 7.89. The van der Waals surface area contributed by atoms with Gasteiger partial charge in [-0.25, -0.2) is 23.0 Å². The minimum Gasteiger partial charge on any atom is -0.475 e. The number of alkyl halides is 6. The molecular formula is C23H31F6N3O8S. The van der Waals surface area contributed by atoms with E-state index in [1.54, 1.807) is 22.5 Å². The van der Waals surface area contributed by atoms with E-state index in [-0.39, 0.29) is 22.6 Å². The lowest BCUT2D eigenvalue weighted by atomic mass is 9.77. The van der Waals surface area contributed by atoms with Crippen LogP contribution in [0.1, 0.15) is 32.1 Å². The van der Waals surface area contributed by atoms with Gasteiger partial charge in [0.2, 0.25) is 0 Å². The van der Waals surface area contributed by atoms with Gasteiger partial charge < -0.3 is 25.0 Å². The standard InChI is InChI=1S/C19H29N3O4S.2C2HF3O2/c23-16-4-9-21(10-5-16)14-17-13-19(15-26-17)6-11-22(12-7-19)27(24,25)18-3-1-2-8-20-18;2*3-2(4,5)1(6)7/h1-3,8,16-17,23H,4-7,9-15H2;2*(H,6,7). The van der Waals surface area contributed by atoms with Crippen molar-refractivity contribution >= 4 is 22.0 Å². The van der Waals surface area contributed by atoms with E-state index in [2.05, 4.69) is 9.88 Å². The second-order valence-electron chi connectivity index (χ2n) is 9.85. The number of ether oxygens (including phenoxy) is 1. The van der Waals surface area contributed by atoms with Gasteiger partial charge in [-0.1, -0.05) is 6.07 Å². The molecule has 0 aliphatic carbocycles. The molecule has 41 heavy (non-hydrogen) atoms.